The molecule has 1 aromatic carbocycles. The standard InChI is InChI=1S/C23H32N4O2/c1-6-15(2)24-22(29)20-26-19(18-9-7-8-14-27(18)20)21(28)25-17-12-10-16(11-13-17)23(3,4)5/h10-13,15H,6-9,14H2,1-5H3,(H,24,29)(H,25,28). The Balaban J connectivity index is 1.84. The first-order valence-corrected chi connectivity index (χ1v) is 10.5. The summed E-state index contributed by atoms with van der Waals surface area (Å²) < 4.78 is 1.92. The fourth-order valence-electron chi connectivity index (χ4n) is 3.53. The van der Waals surface area contributed by atoms with Crippen LogP contribution < -0.4 is 10.6 Å². The maximum atomic E-state index is 13.0. The van der Waals surface area contributed by atoms with Crippen LogP contribution in [0.25, 0.3) is 0 Å². The topological polar surface area (TPSA) is 76.0 Å². The number of rotatable bonds is 5. The lowest BCUT2D eigenvalue weighted by Gasteiger charge is -2.19. The normalized spacial score (nSPS) is 14.8. The summed E-state index contributed by atoms with van der Waals surface area (Å²) in [5.41, 5.74) is 3.21. The van der Waals surface area contributed by atoms with E-state index in [9.17, 15) is 9.59 Å². The van der Waals surface area contributed by atoms with Crippen molar-refractivity contribution in [2.24, 2.45) is 0 Å². The predicted molar refractivity (Wildman–Crippen MR) is 115 cm³/mol. The maximum absolute atomic E-state index is 13.0. The Morgan fingerprint density at radius 1 is 1.14 bits per heavy atom. The lowest BCUT2D eigenvalue weighted by atomic mass is 9.87. The van der Waals surface area contributed by atoms with Gasteiger partial charge in [0, 0.05) is 18.3 Å². The van der Waals surface area contributed by atoms with Crippen molar-refractivity contribution in [2.75, 3.05) is 5.32 Å². The summed E-state index contributed by atoms with van der Waals surface area (Å²) in [4.78, 5) is 30.1. The zero-order valence-corrected chi connectivity index (χ0v) is 18.1. The summed E-state index contributed by atoms with van der Waals surface area (Å²) in [6.07, 6.45) is 3.59. The molecule has 1 aliphatic heterocycles. The van der Waals surface area contributed by atoms with Gasteiger partial charge in [0.1, 0.15) is 0 Å². The molecule has 1 unspecified atom stereocenters. The summed E-state index contributed by atoms with van der Waals surface area (Å²) >= 11 is 0. The van der Waals surface area contributed by atoms with Crippen molar-refractivity contribution in [2.45, 2.75) is 78.3 Å². The van der Waals surface area contributed by atoms with Crippen molar-refractivity contribution in [3.63, 3.8) is 0 Å². The predicted octanol–water partition coefficient (Wildman–Crippen LogP) is 4.30. The molecule has 2 N–H and O–H groups in total. The molecule has 1 atom stereocenters. The lowest BCUT2D eigenvalue weighted by molar-refractivity contribution is 0.0923. The Bertz CT molecular complexity index is 891. The van der Waals surface area contributed by atoms with Gasteiger partial charge in [-0.15, -0.1) is 0 Å². The molecule has 1 aromatic heterocycles. The second-order valence-electron chi connectivity index (χ2n) is 8.90. The number of carbonyl (C=O) groups is 2. The van der Waals surface area contributed by atoms with Crippen LogP contribution in [0.5, 0.6) is 0 Å². The largest absolute Gasteiger partial charge is 0.347 e. The maximum Gasteiger partial charge on any atom is 0.287 e. The van der Waals surface area contributed by atoms with Crippen molar-refractivity contribution >= 4 is 17.5 Å². The Morgan fingerprint density at radius 3 is 2.45 bits per heavy atom. The van der Waals surface area contributed by atoms with E-state index in [1.54, 1.807) is 0 Å². The van der Waals surface area contributed by atoms with Crippen LogP contribution in [0.4, 0.5) is 5.69 Å². The molecule has 6 nitrogen and oxygen atoms in total. The number of hydrogen-bond donors (Lipinski definition) is 2. The summed E-state index contributed by atoms with van der Waals surface area (Å²) in [6.45, 7) is 11.2. The highest BCUT2D eigenvalue weighted by Crippen LogP contribution is 2.25. The molecule has 0 aliphatic carbocycles. The van der Waals surface area contributed by atoms with Crippen LogP contribution in [0, 0.1) is 0 Å². The molecule has 0 bridgehead atoms. The minimum absolute atomic E-state index is 0.0589. The smallest absolute Gasteiger partial charge is 0.287 e. The van der Waals surface area contributed by atoms with Gasteiger partial charge in [-0.25, -0.2) is 4.98 Å². The van der Waals surface area contributed by atoms with Crippen LogP contribution in [0.1, 0.15) is 86.2 Å². The van der Waals surface area contributed by atoms with Gasteiger partial charge >= 0.3 is 0 Å². The molecule has 2 heterocycles. The molecule has 1 aliphatic rings. The number of nitrogens with zero attached hydrogens (tertiary/aromatic N) is 2. The molecule has 2 amide bonds. The summed E-state index contributed by atoms with van der Waals surface area (Å²) in [5, 5.41) is 5.91. The zero-order valence-electron chi connectivity index (χ0n) is 18.1. The van der Waals surface area contributed by atoms with Crippen molar-refractivity contribution < 1.29 is 9.59 Å². The number of anilines is 1. The summed E-state index contributed by atoms with van der Waals surface area (Å²) in [7, 11) is 0. The average molecular weight is 397 g/mol. The minimum Gasteiger partial charge on any atom is -0.347 e. The van der Waals surface area contributed by atoms with Crippen LogP contribution in [0.15, 0.2) is 24.3 Å². The van der Waals surface area contributed by atoms with Crippen LogP contribution in [0.3, 0.4) is 0 Å². The highest BCUT2D eigenvalue weighted by Gasteiger charge is 2.28. The Kier molecular flexibility index (Phi) is 6.10. The number of nitrogens with one attached hydrogen (secondary N) is 2. The fraction of sp³-hybridized carbons (Fsp3) is 0.522. The average Bonchev–Trinajstić information content (AvgIpc) is 3.07. The third-order valence-electron chi connectivity index (χ3n) is 5.53. The van der Waals surface area contributed by atoms with Crippen LogP contribution >= 0.6 is 0 Å². The molecule has 0 fully saturated rings. The third kappa shape index (κ3) is 4.69. The van der Waals surface area contributed by atoms with Gasteiger partial charge in [0.2, 0.25) is 0 Å². The number of benzene rings is 1. The molecular formula is C23H32N4O2. The minimum atomic E-state index is -0.262. The molecule has 0 saturated heterocycles. The highest BCUT2D eigenvalue weighted by atomic mass is 16.2. The molecule has 6 heteroatoms. The van der Waals surface area contributed by atoms with Crippen molar-refractivity contribution in [3.05, 3.63) is 47.0 Å². The Hall–Kier alpha value is -2.63. The number of imidazole rings is 1. The second-order valence-corrected chi connectivity index (χ2v) is 8.90. The molecular weight excluding hydrogens is 364 g/mol. The first kappa shape index (κ1) is 21.1. The molecule has 3 rings (SSSR count). The van der Waals surface area contributed by atoms with E-state index in [1.807, 2.05) is 42.7 Å². The highest BCUT2D eigenvalue weighted by molar-refractivity contribution is 6.05. The first-order valence-electron chi connectivity index (χ1n) is 10.5. The van der Waals surface area contributed by atoms with E-state index in [2.05, 4.69) is 36.4 Å². The van der Waals surface area contributed by atoms with E-state index in [1.165, 1.54) is 5.56 Å². The summed E-state index contributed by atoms with van der Waals surface area (Å²) in [6, 6.07) is 7.96. The molecule has 156 valence electrons. The molecule has 0 saturated carbocycles. The SMILES string of the molecule is CCC(C)NC(=O)c1nc(C(=O)Nc2ccc(C(C)(C)C)cc2)c2n1CCCC2. The van der Waals surface area contributed by atoms with Crippen LogP contribution in [-0.4, -0.2) is 27.4 Å². The number of fused-ring (bicyclic) bond motifs is 1. The number of carbonyl (C=O) groups excluding carboxylic acids is 2. The van der Waals surface area contributed by atoms with Gasteiger partial charge in [0.15, 0.2) is 11.5 Å². The van der Waals surface area contributed by atoms with Crippen molar-refractivity contribution in [1.82, 2.24) is 14.9 Å². The molecule has 29 heavy (non-hydrogen) atoms. The zero-order chi connectivity index (χ0) is 21.2. The van der Waals surface area contributed by atoms with E-state index >= 15 is 0 Å². The van der Waals surface area contributed by atoms with Gasteiger partial charge in [-0.3, -0.25) is 9.59 Å². The second kappa shape index (κ2) is 8.39. The summed E-state index contributed by atoms with van der Waals surface area (Å²) in [5.74, 6) is -0.133. The van der Waals surface area contributed by atoms with Crippen LogP contribution in [-0.2, 0) is 18.4 Å². The first-order chi connectivity index (χ1) is 13.7. The van der Waals surface area contributed by atoms with Gasteiger partial charge in [0.05, 0.1) is 5.69 Å². The van der Waals surface area contributed by atoms with E-state index in [4.69, 9.17) is 0 Å². The van der Waals surface area contributed by atoms with Gasteiger partial charge in [-0.2, -0.15) is 0 Å². The fourth-order valence-corrected chi connectivity index (χ4v) is 3.53. The molecule has 0 spiro atoms. The quantitative estimate of drug-likeness (QED) is 0.791. The van der Waals surface area contributed by atoms with Crippen molar-refractivity contribution in [1.29, 1.82) is 0 Å². The Labute approximate surface area is 173 Å². The number of hydrogen-bond acceptors (Lipinski definition) is 3. The van der Waals surface area contributed by atoms with Gasteiger partial charge < -0.3 is 15.2 Å². The van der Waals surface area contributed by atoms with Gasteiger partial charge in [-0.05, 0) is 55.7 Å². The lowest BCUT2D eigenvalue weighted by Crippen LogP contribution is -2.34. The van der Waals surface area contributed by atoms with Crippen LogP contribution in [0.2, 0.25) is 0 Å². The van der Waals surface area contributed by atoms with Gasteiger partial charge in [-0.1, -0.05) is 39.8 Å². The number of amides is 2. The van der Waals surface area contributed by atoms with Gasteiger partial charge in [0.25, 0.3) is 11.8 Å². The molecule has 2 aromatic rings. The van der Waals surface area contributed by atoms with E-state index in [0.29, 0.717) is 11.5 Å². The van der Waals surface area contributed by atoms with E-state index in [0.717, 1.165) is 43.6 Å². The van der Waals surface area contributed by atoms with E-state index in [-0.39, 0.29) is 23.3 Å². The molecule has 0 radical (unpaired) electrons. The third-order valence-corrected chi connectivity index (χ3v) is 5.53. The van der Waals surface area contributed by atoms with Crippen molar-refractivity contribution in [3.8, 4) is 0 Å². The monoisotopic (exact) mass is 396 g/mol. The van der Waals surface area contributed by atoms with E-state index < -0.39 is 0 Å². The Morgan fingerprint density at radius 2 is 1.83 bits per heavy atom. The number of aromatic nitrogens is 2.